The van der Waals surface area contributed by atoms with Crippen LogP contribution in [-0.2, 0) is 32.7 Å². The summed E-state index contributed by atoms with van der Waals surface area (Å²) in [7, 11) is -4.48. The smallest absolute Gasteiger partial charge is 0.472 e. The maximum atomic E-state index is 12.5. The first-order valence-electron chi connectivity index (χ1n) is 10.5. The number of phosphoric ester groups is 1. The van der Waals surface area contributed by atoms with Crippen LogP contribution in [0.4, 0.5) is 0 Å². The van der Waals surface area contributed by atoms with E-state index in [-0.39, 0.29) is 13.2 Å². The van der Waals surface area contributed by atoms with Crippen molar-refractivity contribution in [3.05, 3.63) is 45.7 Å². The number of halogens is 6. The van der Waals surface area contributed by atoms with Crippen molar-refractivity contribution >= 4 is 155 Å². The monoisotopic (exact) mass is 1240 g/mol. The number of carbonyl (C=O) groups excluding carboxylic acids is 2. The summed E-state index contributed by atoms with van der Waals surface area (Å²) in [6.07, 6.45) is -1.24. The Kier molecular flexibility index (Phi) is 17.2. The second-order valence-corrected chi connectivity index (χ2v) is 15.6. The van der Waals surface area contributed by atoms with Gasteiger partial charge in [-0.2, -0.15) is 0 Å². The van der Waals surface area contributed by atoms with Gasteiger partial charge in [-0.1, -0.05) is 0 Å². The number of ether oxygens (including phenoxy) is 4. The molecule has 2 rings (SSSR count). The molecule has 0 amide bonds. The van der Waals surface area contributed by atoms with Gasteiger partial charge in [0.25, 0.3) is 0 Å². The van der Waals surface area contributed by atoms with Crippen LogP contribution in [0.3, 0.4) is 0 Å². The molecule has 0 aliphatic carbocycles. The third-order valence-corrected chi connectivity index (χ3v) is 12.4. The van der Waals surface area contributed by atoms with Crippen molar-refractivity contribution in [2.75, 3.05) is 39.6 Å². The van der Waals surface area contributed by atoms with Crippen LogP contribution in [0.1, 0.15) is 0 Å². The van der Waals surface area contributed by atoms with Crippen LogP contribution < -0.4 is 15.2 Å². The Morgan fingerprint density at radius 1 is 0.821 bits per heavy atom. The molecule has 0 fully saturated rings. The molecule has 2 atom stereocenters. The minimum Gasteiger partial charge on any atom is -0.481 e. The second kappa shape index (κ2) is 18.3. The number of carbonyl (C=O) groups is 2. The van der Waals surface area contributed by atoms with Gasteiger partial charge in [0.15, 0.2) is 19.3 Å². The number of hydrogen-bond acceptors (Lipinski definition) is 10. The fraction of sp³-hybridized carbons (Fsp3) is 0.333. The summed E-state index contributed by atoms with van der Waals surface area (Å²) in [6.45, 7) is -2.14. The molecule has 18 heteroatoms. The third-order valence-electron chi connectivity index (χ3n) is 4.13. The average Bonchev–Trinajstić information content (AvgIpc) is 2.86. The zero-order valence-corrected chi connectivity index (χ0v) is 33.4. The zero-order valence-electron chi connectivity index (χ0n) is 19.5. The number of benzene rings is 2. The topological polar surface area (TPSA) is 153 Å². The standard InChI is InChI=1S/C21H20I6NO10P/c22-11-3-14(24)20(26)16(5-11)33-9-18(29)35-7-13(8-37-39(31,32)36-2-1-28)38-19(30)10-34-17-6-12(23)4-15(25)21(17)27/h3-6,13H,1-2,7-10,28H2,(H,31,32)/t13-/m1/s1. The van der Waals surface area contributed by atoms with Gasteiger partial charge < -0.3 is 29.6 Å². The van der Waals surface area contributed by atoms with Gasteiger partial charge in [-0.05, 0) is 160 Å². The third kappa shape index (κ3) is 13.7. The van der Waals surface area contributed by atoms with Gasteiger partial charge in [-0.25, -0.2) is 14.2 Å². The van der Waals surface area contributed by atoms with Gasteiger partial charge in [0.1, 0.15) is 18.1 Å². The van der Waals surface area contributed by atoms with Gasteiger partial charge in [0.2, 0.25) is 0 Å². The Hall–Kier alpha value is 1.43. The van der Waals surface area contributed by atoms with E-state index in [1.54, 1.807) is 12.1 Å². The summed E-state index contributed by atoms with van der Waals surface area (Å²) in [5, 5.41) is 0. The number of esters is 2. The molecule has 2 aromatic carbocycles. The maximum absolute atomic E-state index is 12.5. The molecule has 2 aromatic rings. The largest absolute Gasteiger partial charge is 0.481 e. The predicted molar refractivity (Wildman–Crippen MR) is 192 cm³/mol. The Labute approximate surface area is 306 Å². The first kappa shape index (κ1) is 36.6. The Morgan fingerprint density at radius 3 is 1.85 bits per heavy atom. The summed E-state index contributed by atoms with van der Waals surface area (Å²) >= 11 is 12.8. The van der Waals surface area contributed by atoms with E-state index < -0.39 is 52.3 Å². The molecule has 0 saturated heterocycles. The quantitative estimate of drug-likeness (QED) is 0.103. The zero-order chi connectivity index (χ0) is 29.2. The minimum absolute atomic E-state index is 0.00408. The normalized spacial score (nSPS) is 13.3. The summed E-state index contributed by atoms with van der Waals surface area (Å²) in [4.78, 5) is 34.6. The van der Waals surface area contributed by atoms with Gasteiger partial charge in [0.05, 0.1) is 20.4 Å². The van der Waals surface area contributed by atoms with Crippen molar-refractivity contribution in [1.82, 2.24) is 0 Å². The minimum atomic E-state index is -4.48. The van der Waals surface area contributed by atoms with Crippen molar-refractivity contribution in [1.29, 1.82) is 0 Å². The lowest BCUT2D eigenvalue weighted by molar-refractivity contribution is -0.163. The summed E-state index contributed by atoms with van der Waals surface area (Å²) in [5.74, 6) is -0.536. The van der Waals surface area contributed by atoms with E-state index in [1.807, 2.05) is 12.1 Å². The molecule has 0 radical (unpaired) electrons. The molecule has 11 nitrogen and oxygen atoms in total. The molecule has 0 heterocycles. The van der Waals surface area contributed by atoms with Crippen LogP contribution in [0.25, 0.3) is 0 Å². The lowest BCUT2D eigenvalue weighted by Crippen LogP contribution is -2.32. The molecule has 0 spiro atoms. The van der Waals surface area contributed by atoms with E-state index in [0.717, 1.165) is 21.4 Å². The number of rotatable bonds is 15. The van der Waals surface area contributed by atoms with Crippen LogP contribution in [0, 0.1) is 21.4 Å². The second-order valence-electron chi connectivity index (χ2n) is 7.16. The first-order chi connectivity index (χ1) is 18.3. The van der Waals surface area contributed by atoms with Crippen molar-refractivity contribution in [3.8, 4) is 11.5 Å². The Bertz CT molecular complexity index is 1220. The number of phosphoric acid groups is 1. The average molecular weight is 1240 g/mol. The van der Waals surface area contributed by atoms with Gasteiger partial charge in [0, 0.05) is 20.8 Å². The molecule has 0 aromatic heterocycles. The SMILES string of the molecule is NCCOP(=O)(O)OC[C@@H](COC(=O)COc1cc(I)cc(I)c1I)OC(=O)COc1cc(I)cc(I)c1I. The highest BCUT2D eigenvalue weighted by Crippen LogP contribution is 2.43. The van der Waals surface area contributed by atoms with E-state index in [0.29, 0.717) is 11.5 Å². The van der Waals surface area contributed by atoms with E-state index in [2.05, 4.69) is 140 Å². The Balaban J connectivity index is 1.99. The molecule has 1 unspecified atom stereocenters. The molecule has 0 aliphatic heterocycles. The fourth-order valence-corrected chi connectivity index (χ4v) is 7.78. The molecule has 0 bridgehead atoms. The molecule has 0 aliphatic rings. The molecular formula is C21H20I6NO10P. The van der Waals surface area contributed by atoms with E-state index in [1.165, 1.54) is 0 Å². The van der Waals surface area contributed by atoms with Crippen LogP contribution in [0.5, 0.6) is 11.5 Å². The van der Waals surface area contributed by atoms with Gasteiger partial charge in [-0.3, -0.25) is 9.05 Å². The summed E-state index contributed by atoms with van der Waals surface area (Å²) < 4.78 is 48.7. The van der Waals surface area contributed by atoms with E-state index >= 15 is 0 Å². The van der Waals surface area contributed by atoms with Gasteiger partial charge in [-0.15, -0.1) is 0 Å². The van der Waals surface area contributed by atoms with Crippen LogP contribution in [-0.4, -0.2) is 62.5 Å². The highest BCUT2D eigenvalue weighted by Gasteiger charge is 2.26. The molecule has 216 valence electrons. The molecular weight excluding hydrogens is 1220 g/mol. The molecule has 0 saturated carbocycles. The first-order valence-corrected chi connectivity index (χ1v) is 18.5. The Morgan fingerprint density at radius 2 is 1.33 bits per heavy atom. The number of nitrogens with two attached hydrogens (primary N) is 1. The van der Waals surface area contributed by atoms with E-state index in [9.17, 15) is 19.0 Å². The summed E-state index contributed by atoms with van der Waals surface area (Å²) in [5.41, 5.74) is 5.28. The van der Waals surface area contributed by atoms with Crippen molar-refractivity contribution in [2.45, 2.75) is 6.10 Å². The highest BCUT2D eigenvalue weighted by molar-refractivity contribution is 14.1. The highest BCUT2D eigenvalue weighted by atomic mass is 127. The van der Waals surface area contributed by atoms with E-state index in [4.69, 9.17) is 29.2 Å². The van der Waals surface area contributed by atoms with Crippen molar-refractivity contribution in [2.24, 2.45) is 5.73 Å². The summed E-state index contributed by atoms with van der Waals surface area (Å²) in [6, 6.07) is 7.48. The van der Waals surface area contributed by atoms with Gasteiger partial charge >= 0.3 is 19.8 Å². The number of hydrogen-bond donors (Lipinski definition) is 2. The van der Waals surface area contributed by atoms with Crippen LogP contribution >= 0.6 is 143 Å². The fourth-order valence-electron chi connectivity index (χ4n) is 2.49. The van der Waals surface area contributed by atoms with Crippen molar-refractivity contribution in [3.63, 3.8) is 0 Å². The lowest BCUT2D eigenvalue weighted by atomic mass is 10.3. The maximum Gasteiger partial charge on any atom is 0.472 e. The van der Waals surface area contributed by atoms with Crippen LogP contribution in [0.2, 0.25) is 0 Å². The predicted octanol–water partition coefficient (Wildman–Crippen LogP) is 5.32. The molecule has 39 heavy (non-hydrogen) atoms. The van der Waals surface area contributed by atoms with Crippen molar-refractivity contribution < 1.29 is 47.0 Å². The molecule has 3 N–H and O–H groups in total. The lowest BCUT2D eigenvalue weighted by Gasteiger charge is -2.20. The van der Waals surface area contributed by atoms with Crippen LogP contribution in [0.15, 0.2) is 24.3 Å².